The van der Waals surface area contributed by atoms with E-state index in [9.17, 15) is 9.18 Å². The molecule has 2 heterocycles. The van der Waals surface area contributed by atoms with E-state index in [2.05, 4.69) is 11.4 Å². The number of hydrogen-bond acceptors (Lipinski definition) is 3. The lowest BCUT2D eigenvalue weighted by Gasteiger charge is -2.14. The van der Waals surface area contributed by atoms with Crippen LogP contribution in [0.25, 0.3) is 22.2 Å². The van der Waals surface area contributed by atoms with Crippen LogP contribution in [-0.2, 0) is 4.74 Å². The molecule has 1 amide bonds. The van der Waals surface area contributed by atoms with Crippen molar-refractivity contribution in [3.63, 3.8) is 0 Å². The zero-order valence-corrected chi connectivity index (χ0v) is 16.1. The first-order valence-corrected chi connectivity index (χ1v) is 9.59. The van der Waals surface area contributed by atoms with Crippen LogP contribution in [0.15, 0.2) is 42.5 Å². The summed E-state index contributed by atoms with van der Waals surface area (Å²) in [5, 5.41) is 3.84. The van der Waals surface area contributed by atoms with Crippen LogP contribution in [0.2, 0.25) is 0 Å². The highest BCUT2D eigenvalue weighted by Gasteiger charge is 2.19. The third-order valence-corrected chi connectivity index (χ3v) is 5.15. The molecule has 1 aliphatic rings. The van der Waals surface area contributed by atoms with Crippen LogP contribution in [0, 0.1) is 19.7 Å². The average Bonchev–Trinajstić information content (AvgIpc) is 3.20. The fourth-order valence-corrected chi connectivity index (χ4v) is 3.74. The van der Waals surface area contributed by atoms with Gasteiger partial charge in [0.2, 0.25) is 0 Å². The number of carbonyl (C=O) groups is 1. The number of nitrogens with one attached hydrogen (secondary N) is 1. The second-order valence-corrected chi connectivity index (χ2v) is 7.38. The fraction of sp³-hybridized carbons (Fsp3) is 0.304. The number of benzene rings is 2. The molecular formula is C23H23FN2O2. The number of carbonyl (C=O) groups excluding carboxylic acids is 1. The molecule has 0 radical (unpaired) electrons. The number of aryl methyl sites for hydroxylation is 2. The van der Waals surface area contributed by atoms with Gasteiger partial charge in [0.25, 0.3) is 5.91 Å². The number of amides is 1. The van der Waals surface area contributed by atoms with Gasteiger partial charge >= 0.3 is 0 Å². The average molecular weight is 378 g/mol. The van der Waals surface area contributed by atoms with Crippen LogP contribution in [0.4, 0.5) is 4.39 Å². The number of pyridine rings is 1. The van der Waals surface area contributed by atoms with Crippen molar-refractivity contribution >= 4 is 16.8 Å². The highest BCUT2D eigenvalue weighted by Crippen LogP contribution is 2.28. The number of ether oxygens (including phenoxy) is 1. The first-order chi connectivity index (χ1) is 13.5. The van der Waals surface area contributed by atoms with E-state index in [-0.39, 0.29) is 17.8 Å². The predicted molar refractivity (Wildman–Crippen MR) is 108 cm³/mol. The van der Waals surface area contributed by atoms with Crippen LogP contribution in [-0.4, -0.2) is 30.1 Å². The molecule has 0 spiro atoms. The van der Waals surface area contributed by atoms with Crippen molar-refractivity contribution in [2.24, 2.45) is 0 Å². The van der Waals surface area contributed by atoms with Gasteiger partial charge in [0.05, 0.1) is 22.9 Å². The zero-order chi connectivity index (χ0) is 19.7. The van der Waals surface area contributed by atoms with E-state index in [1.54, 1.807) is 18.2 Å². The summed E-state index contributed by atoms with van der Waals surface area (Å²) in [5.74, 6) is -0.442. The summed E-state index contributed by atoms with van der Waals surface area (Å²) in [6.07, 6.45) is 2.08. The number of aromatic nitrogens is 1. The monoisotopic (exact) mass is 378 g/mol. The van der Waals surface area contributed by atoms with Crippen molar-refractivity contribution in [1.82, 2.24) is 10.3 Å². The second kappa shape index (κ2) is 7.68. The molecule has 4 nitrogen and oxygen atoms in total. The lowest BCUT2D eigenvalue weighted by molar-refractivity contribution is 0.0859. The molecule has 1 aromatic heterocycles. The van der Waals surface area contributed by atoms with Gasteiger partial charge in [0.1, 0.15) is 5.82 Å². The van der Waals surface area contributed by atoms with Crippen molar-refractivity contribution in [1.29, 1.82) is 0 Å². The third-order valence-electron chi connectivity index (χ3n) is 5.15. The van der Waals surface area contributed by atoms with E-state index in [1.807, 2.05) is 19.9 Å². The number of hydrogen-bond donors (Lipinski definition) is 1. The van der Waals surface area contributed by atoms with E-state index in [0.29, 0.717) is 17.8 Å². The predicted octanol–water partition coefficient (Wildman–Crippen LogP) is 4.57. The zero-order valence-electron chi connectivity index (χ0n) is 16.1. The van der Waals surface area contributed by atoms with Crippen molar-refractivity contribution < 1.29 is 13.9 Å². The molecule has 1 unspecified atom stereocenters. The molecule has 28 heavy (non-hydrogen) atoms. The van der Waals surface area contributed by atoms with Gasteiger partial charge in [-0.2, -0.15) is 0 Å². The van der Waals surface area contributed by atoms with Gasteiger partial charge in [-0.05, 0) is 68.7 Å². The van der Waals surface area contributed by atoms with Crippen LogP contribution in [0.5, 0.6) is 0 Å². The van der Waals surface area contributed by atoms with Gasteiger partial charge in [0, 0.05) is 24.1 Å². The quantitative estimate of drug-likeness (QED) is 0.724. The van der Waals surface area contributed by atoms with Gasteiger partial charge in [-0.15, -0.1) is 0 Å². The minimum Gasteiger partial charge on any atom is -0.376 e. The van der Waals surface area contributed by atoms with Crippen molar-refractivity contribution in [2.75, 3.05) is 13.2 Å². The number of halogens is 1. The maximum atomic E-state index is 13.3. The van der Waals surface area contributed by atoms with E-state index in [1.165, 1.54) is 12.1 Å². The Kier molecular flexibility index (Phi) is 5.09. The molecule has 1 aliphatic heterocycles. The molecule has 1 fully saturated rings. The van der Waals surface area contributed by atoms with Gasteiger partial charge in [0.15, 0.2) is 0 Å². The normalized spacial score (nSPS) is 16.5. The molecule has 4 rings (SSSR count). The first kappa shape index (κ1) is 18.6. The number of nitrogens with zero attached hydrogens (tertiary/aromatic N) is 1. The Labute approximate surface area is 163 Å². The van der Waals surface area contributed by atoms with E-state index in [4.69, 9.17) is 9.72 Å². The Balaban J connectivity index is 1.77. The highest BCUT2D eigenvalue weighted by atomic mass is 19.1. The minimum atomic E-state index is -0.300. The molecule has 0 bridgehead atoms. The Hall–Kier alpha value is -2.79. The smallest absolute Gasteiger partial charge is 0.252 e. The molecule has 0 saturated carbocycles. The van der Waals surface area contributed by atoms with Crippen LogP contribution in [0.3, 0.4) is 0 Å². The van der Waals surface area contributed by atoms with Crippen molar-refractivity contribution in [3.05, 3.63) is 65.0 Å². The van der Waals surface area contributed by atoms with Crippen LogP contribution < -0.4 is 5.32 Å². The Morgan fingerprint density at radius 3 is 2.71 bits per heavy atom. The van der Waals surface area contributed by atoms with Gasteiger partial charge in [-0.3, -0.25) is 4.79 Å². The van der Waals surface area contributed by atoms with Crippen molar-refractivity contribution in [3.8, 4) is 11.3 Å². The molecule has 1 saturated heterocycles. The topological polar surface area (TPSA) is 51.2 Å². The maximum absolute atomic E-state index is 13.3. The molecule has 3 aromatic rings. The fourth-order valence-electron chi connectivity index (χ4n) is 3.74. The lowest BCUT2D eigenvalue weighted by atomic mass is 9.99. The maximum Gasteiger partial charge on any atom is 0.252 e. The standard InChI is InChI=1S/C23H23FN2O2/c1-14-10-15(2)22-19(11-14)20(23(27)25-13-18-4-3-9-28-18)12-21(26-22)16-5-7-17(24)8-6-16/h5-8,10-12,18H,3-4,9,13H2,1-2H3,(H,25,27). The molecule has 2 aromatic carbocycles. The van der Waals surface area contributed by atoms with Gasteiger partial charge in [-0.1, -0.05) is 11.6 Å². The summed E-state index contributed by atoms with van der Waals surface area (Å²) in [7, 11) is 0. The van der Waals surface area contributed by atoms with E-state index >= 15 is 0 Å². The minimum absolute atomic E-state index is 0.0806. The second-order valence-electron chi connectivity index (χ2n) is 7.38. The summed E-state index contributed by atoms with van der Waals surface area (Å²) in [6, 6.07) is 12.0. The molecule has 1 atom stereocenters. The molecule has 1 N–H and O–H groups in total. The molecule has 0 aliphatic carbocycles. The summed E-state index contributed by atoms with van der Waals surface area (Å²) in [4.78, 5) is 17.8. The Morgan fingerprint density at radius 1 is 1.21 bits per heavy atom. The Bertz CT molecular complexity index is 1020. The van der Waals surface area contributed by atoms with E-state index < -0.39 is 0 Å². The number of fused-ring (bicyclic) bond motifs is 1. The van der Waals surface area contributed by atoms with Crippen molar-refractivity contribution in [2.45, 2.75) is 32.8 Å². The van der Waals surface area contributed by atoms with Crippen LogP contribution >= 0.6 is 0 Å². The highest BCUT2D eigenvalue weighted by molar-refractivity contribution is 6.08. The van der Waals surface area contributed by atoms with E-state index in [0.717, 1.165) is 47.0 Å². The SMILES string of the molecule is Cc1cc(C)c2nc(-c3ccc(F)cc3)cc(C(=O)NCC3CCCO3)c2c1. The van der Waals surface area contributed by atoms with Gasteiger partial charge in [-0.25, -0.2) is 9.37 Å². The number of rotatable bonds is 4. The summed E-state index contributed by atoms with van der Waals surface area (Å²) < 4.78 is 18.9. The first-order valence-electron chi connectivity index (χ1n) is 9.59. The third kappa shape index (κ3) is 3.76. The summed E-state index contributed by atoms with van der Waals surface area (Å²) in [5.41, 5.74) is 4.88. The molecular weight excluding hydrogens is 355 g/mol. The molecule has 144 valence electrons. The Morgan fingerprint density at radius 2 is 2.00 bits per heavy atom. The molecule has 5 heteroatoms. The van der Waals surface area contributed by atoms with Gasteiger partial charge < -0.3 is 10.1 Å². The largest absolute Gasteiger partial charge is 0.376 e. The lowest BCUT2D eigenvalue weighted by Crippen LogP contribution is -2.32. The summed E-state index contributed by atoms with van der Waals surface area (Å²) in [6.45, 7) is 5.25. The van der Waals surface area contributed by atoms with Crippen LogP contribution in [0.1, 0.15) is 34.3 Å². The summed E-state index contributed by atoms with van der Waals surface area (Å²) >= 11 is 0.